The Kier molecular flexibility index (Phi) is 3.72. The number of amides is 3. The smallest absolute Gasteiger partial charge is 0.326 e. The van der Waals surface area contributed by atoms with E-state index in [1.54, 1.807) is 19.1 Å². The topological polar surface area (TPSA) is 86.7 Å². The summed E-state index contributed by atoms with van der Waals surface area (Å²) in [6.45, 7) is 5.03. The molecule has 2 rings (SSSR count). The molecule has 21 heavy (non-hydrogen) atoms. The fourth-order valence-electron chi connectivity index (χ4n) is 2.53. The summed E-state index contributed by atoms with van der Waals surface area (Å²) in [6.07, 6.45) is 0.351. The van der Waals surface area contributed by atoms with Crippen LogP contribution in [0.15, 0.2) is 24.3 Å². The Bertz CT molecular complexity index is 596. The van der Waals surface area contributed by atoms with E-state index in [4.69, 9.17) is 5.11 Å². The van der Waals surface area contributed by atoms with Gasteiger partial charge in [0.05, 0.1) is 0 Å². The lowest BCUT2D eigenvalue weighted by Crippen LogP contribution is -2.46. The van der Waals surface area contributed by atoms with Gasteiger partial charge < -0.3 is 10.4 Å². The highest BCUT2D eigenvalue weighted by molar-refractivity contribution is 6.09. The average molecular weight is 290 g/mol. The second-order valence-electron chi connectivity index (χ2n) is 5.24. The summed E-state index contributed by atoms with van der Waals surface area (Å²) in [7, 11) is 0. The van der Waals surface area contributed by atoms with Gasteiger partial charge in [0.1, 0.15) is 11.6 Å². The van der Waals surface area contributed by atoms with Crippen molar-refractivity contribution in [1.82, 2.24) is 10.2 Å². The summed E-state index contributed by atoms with van der Waals surface area (Å²) in [5.74, 6) is -1.73. The predicted molar refractivity (Wildman–Crippen MR) is 75.6 cm³/mol. The lowest BCUT2D eigenvalue weighted by molar-refractivity contribution is -0.147. The van der Waals surface area contributed by atoms with Gasteiger partial charge in [0.2, 0.25) is 0 Å². The van der Waals surface area contributed by atoms with Gasteiger partial charge >= 0.3 is 12.0 Å². The molecule has 0 aliphatic carbocycles. The van der Waals surface area contributed by atoms with Crippen LogP contribution in [0.4, 0.5) is 4.79 Å². The number of aliphatic carboxylic acids is 1. The number of urea groups is 1. The van der Waals surface area contributed by atoms with Gasteiger partial charge in [-0.15, -0.1) is 0 Å². The maximum atomic E-state index is 12.7. The van der Waals surface area contributed by atoms with Crippen molar-refractivity contribution in [1.29, 1.82) is 0 Å². The minimum Gasteiger partial charge on any atom is -0.480 e. The molecule has 112 valence electrons. The summed E-state index contributed by atoms with van der Waals surface area (Å²) in [4.78, 5) is 36.6. The lowest BCUT2D eigenvalue weighted by Gasteiger charge is -2.26. The molecule has 0 spiro atoms. The number of carbonyl (C=O) groups is 3. The third-order valence-corrected chi connectivity index (χ3v) is 3.94. The fourth-order valence-corrected chi connectivity index (χ4v) is 2.53. The van der Waals surface area contributed by atoms with E-state index in [0.717, 1.165) is 10.5 Å². The Morgan fingerprint density at radius 1 is 1.33 bits per heavy atom. The summed E-state index contributed by atoms with van der Waals surface area (Å²) >= 11 is 0. The maximum absolute atomic E-state index is 12.7. The van der Waals surface area contributed by atoms with Crippen molar-refractivity contribution in [2.24, 2.45) is 0 Å². The summed E-state index contributed by atoms with van der Waals surface area (Å²) in [5, 5.41) is 11.7. The van der Waals surface area contributed by atoms with Gasteiger partial charge in [0, 0.05) is 0 Å². The molecule has 1 aliphatic heterocycles. The van der Waals surface area contributed by atoms with Crippen molar-refractivity contribution in [2.75, 3.05) is 0 Å². The van der Waals surface area contributed by atoms with Crippen molar-refractivity contribution < 1.29 is 19.5 Å². The standard InChI is InChI=1S/C15H18N2O4/c1-4-15(11-7-5-9(2)6-8-11)13(20)17(14(21)16-15)10(3)12(18)19/h5-8,10H,4H2,1-3H3,(H,16,21)(H,18,19). The quantitative estimate of drug-likeness (QED) is 0.825. The molecule has 1 aliphatic rings. The average Bonchev–Trinajstić information content (AvgIpc) is 2.70. The monoisotopic (exact) mass is 290 g/mol. The number of benzene rings is 1. The molecule has 0 radical (unpaired) electrons. The summed E-state index contributed by atoms with van der Waals surface area (Å²) in [5.41, 5.74) is 0.515. The number of hydrogen-bond donors (Lipinski definition) is 2. The van der Waals surface area contributed by atoms with Crippen LogP contribution in [0, 0.1) is 6.92 Å². The van der Waals surface area contributed by atoms with Crippen LogP contribution in [-0.2, 0) is 15.1 Å². The first-order valence-electron chi connectivity index (χ1n) is 6.79. The summed E-state index contributed by atoms with van der Waals surface area (Å²) < 4.78 is 0. The van der Waals surface area contributed by atoms with Crippen LogP contribution in [0.2, 0.25) is 0 Å². The van der Waals surface area contributed by atoms with E-state index in [2.05, 4.69) is 5.32 Å². The predicted octanol–water partition coefficient (Wildman–Crippen LogP) is 1.63. The van der Waals surface area contributed by atoms with Gasteiger partial charge in [-0.25, -0.2) is 14.5 Å². The first-order chi connectivity index (χ1) is 9.83. The lowest BCUT2D eigenvalue weighted by atomic mass is 9.86. The molecule has 0 aromatic heterocycles. The number of rotatable bonds is 4. The molecule has 0 saturated carbocycles. The first-order valence-corrected chi connectivity index (χ1v) is 6.79. The fraction of sp³-hybridized carbons (Fsp3) is 0.400. The van der Waals surface area contributed by atoms with Crippen LogP contribution in [0.5, 0.6) is 0 Å². The number of aryl methyl sites for hydroxylation is 1. The maximum Gasteiger partial charge on any atom is 0.326 e. The second-order valence-corrected chi connectivity index (χ2v) is 5.24. The molecular formula is C15H18N2O4. The zero-order valence-corrected chi connectivity index (χ0v) is 12.2. The van der Waals surface area contributed by atoms with E-state index in [-0.39, 0.29) is 0 Å². The van der Waals surface area contributed by atoms with Crippen molar-refractivity contribution in [2.45, 2.75) is 38.8 Å². The van der Waals surface area contributed by atoms with Crippen molar-refractivity contribution in [3.05, 3.63) is 35.4 Å². The number of carbonyl (C=O) groups excluding carboxylic acids is 2. The molecule has 2 unspecified atom stereocenters. The normalized spacial score (nSPS) is 23.1. The molecule has 1 saturated heterocycles. The third kappa shape index (κ3) is 2.26. The van der Waals surface area contributed by atoms with Crippen LogP contribution in [0.25, 0.3) is 0 Å². The number of carboxylic acids is 1. The molecule has 1 aromatic carbocycles. The number of carboxylic acid groups (broad SMARTS) is 1. The largest absolute Gasteiger partial charge is 0.480 e. The summed E-state index contributed by atoms with van der Waals surface area (Å²) in [6, 6.07) is 5.41. The van der Waals surface area contributed by atoms with Crippen LogP contribution < -0.4 is 5.32 Å². The van der Waals surface area contributed by atoms with Crippen LogP contribution in [0.1, 0.15) is 31.4 Å². The Labute approximate surface area is 122 Å². The molecule has 1 fully saturated rings. The highest BCUT2D eigenvalue weighted by atomic mass is 16.4. The Balaban J connectivity index is 2.46. The second kappa shape index (κ2) is 5.20. The SMILES string of the molecule is CCC1(c2ccc(C)cc2)NC(=O)N(C(C)C(=O)O)C1=O. The van der Waals surface area contributed by atoms with Gasteiger partial charge in [-0.3, -0.25) is 4.79 Å². The van der Waals surface area contributed by atoms with Crippen molar-refractivity contribution >= 4 is 17.9 Å². The minimum atomic E-state index is -1.21. The van der Waals surface area contributed by atoms with Gasteiger partial charge in [-0.1, -0.05) is 36.8 Å². The van der Waals surface area contributed by atoms with E-state index in [1.807, 2.05) is 19.1 Å². The van der Waals surface area contributed by atoms with Crippen molar-refractivity contribution in [3.8, 4) is 0 Å². The zero-order chi connectivity index (χ0) is 15.8. The highest BCUT2D eigenvalue weighted by Gasteiger charge is 2.53. The molecule has 3 amide bonds. The van der Waals surface area contributed by atoms with Gasteiger partial charge in [-0.2, -0.15) is 0 Å². The number of nitrogens with one attached hydrogen (secondary N) is 1. The van der Waals surface area contributed by atoms with Crippen molar-refractivity contribution in [3.63, 3.8) is 0 Å². The molecular weight excluding hydrogens is 272 g/mol. The third-order valence-electron chi connectivity index (χ3n) is 3.94. The molecule has 0 bridgehead atoms. The van der Waals surface area contributed by atoms with E-state index in [0.29, 0.717) is 12.0 Å². The van der Waals surface area contributed by atoms with Crippen LogP contribution in [-0.4, -0.2) is 34.0 Å². The number of nitrogens with zero attached hydrogens (tertiary/aromatic N) is 1. The molecule has 6 nitrogen and oxygen atoms in total. The number of imide groups is 1. The van der Waals surface area contributed by atoms with E-state index in [9.17, 15) is 14.4 Å². The molecule has 1 heterocycles. The number of hydrogen-bond acceptors (Lipinski definition) is 3. The zero-order valence-electron chi connectivity index (χ0n) is 12.2. The molecule has 2 atom stereocenters. The molecule has 2 N–H and O–H groups in total. The Hall–Kier alpha value is -2.37. The molecule has 6 heteroatoms. The minimum absolute atomic E-state index is 0.351. The van der Waals surface area contributed by atoms with Gasteiger partial charge in [0.15, 0.2) is 0 Å². The van der Waals surface area contributed by atoms with E-state index in [1.165, 1.54) is 6.92 Å². The van der Waals surface area contributed by atoms with E-state index >= 15 is 0 Å². The van der Waals surface area contributed by atoms with Crippen LogP contribution in [0.3, 0.4) is 0 Å². The van der Waals surface area contributed by atoms with E-state index < -0.39 is 29.5 Å². The highest BCUT2D eigenvalue weighted by Crippen LogP contribution is 2.33. The van der Waals surface area contributed by atoms with Crippen LogP contribution >= 0.6 is 0 Å². The first kappa shape index (κ1) is 15.0. The molecule has 1 aromatic rings. The van der Waals surface area contributed by atoms with Gasteiger partial charge in [0.25, 0.3) is 5.91 Å². The van der Waals surface area contributed by atoms with Gasteiger partial charge in [-0.05, 0) is 25.8 Å². The Morgan fingerprint density at radius 2 is 1.90 bits per heavy atom. The Morgan fingerprint density at radius 3 is 2.38 bits per heavy atom.